The molecular weight excluding hydrogens is 266 g/mol. The summed E-state index contributed by atoms with van der Waals surface area (Å²) in [6, 6.07) is 2.14. The van der Waals surface area contributed by atoms with Gasteiger partial charge in [-0.3, -0.25) is 4.79 Å². The Morgan fingerprint density at radius 3 is 3.05 bits per heavy atom. The molecule has 2 bridgehead atoms. The van der Waals surface area contributed by atoms with Gasteiger partial charge in [-0.2, -0.15) is 4.98 Å². The van der Waals surface area contributed by atoms with E-state index >= 15 is 0 Å². The van der Waals surface area contributed by atoms with Crippen molar-refractivity contribution in [2.75, 3.05) is 30.3 Å². The van der Waals surface area contributed by atoms with Gasteiger partial charge in [-0.25, -0.2) is 4.98 Å². The zero-order valence-corrected chi connectivity index (χ0v) is 12.1. The van der Waals surface area contributed by atoms with Crippen molar-refractivity contribution >= 4 is 17.7 Å². The van der Waals surface area contributed by atoms with E-state index < -0.39 is 0 Å². The Balaban J connectivity index is 1.57. The minimum absolute atomic E-state index is 0.356. The SMILES string of the molecule is Nc1ccnc(N2C[C@@H]3C[C@H](C2)[C@@H]2CCCC(=O)N2C3)n1. The molecule has 3 fully saturated rings. The van der Waals surface area contributed by atoms with Crippen molar-refractivity contribution in [2.24, 2.45) is 11.8 Å². The maximum absolute atomic E-state index is 12.1. The van der Waals surface area contributed by atoms with Crippen LogP contribution in [0.3, 0.4) is 0 Å². The number of rotatable bonds is 1. The number of anilines is 2. The third-order valence-corrected chi connectivity index (χ3v) is 5.13. The van der Waals surface area contributed by atoms with E-state index in [1.165, 1.54) is 6.42 Å². The summed E-state index contributed by atoms with van der Waals surface area (Å²) in [4.78, 5) is 25.3. The summed E-state index contributed by atoms with van der Waals surface area (Å²) in [6.07, 6.45) is 5.87. The molecule has 1 aromatic heterocycles. The van der Waals surface area contributed by atoms with Crippen molar-refractivity contribution in [3.63, 3.8) is 0 Å². The van der Waals surface area contributed by atoms with Gasteiger partial charge in [0.15, 0.2) is 0 Å². The van der Waals surface area contributed by atoms with Gasteiger partial charge < -0.3 is 15.5 Å². The van der Waals surface area contributed by atoms with Crippen LogP contribution in [0, 0.1) is 11.8 Å². The molecule has 3 aliphatic heterocycles. The van der Waals surface area contributed by atoms with Gasteiger partial charge in [0.25, 0.3) is 0 Å². The lowest BCUT2D eigenvalue weighted by atomic mass is 9.76. The lowest BCUT2D eigenvalue weighted by molar-refractivity contribution is -0.142. The van der Waals surface area contributed by atoms with E-state index in [-0.39, 0.29) is 0 Å². The van der Waals surface area contributed by atoms with Gasteiger partial charge in [-0.1, -0.05) is 0 Å². The van der Waals surface area contributed by atoms with Gasteiger partial charge in [-0.15, -0.1) is 0 Å². The van der Waals surface area contributed by atoms with Crippen LogP contribution in [-0.2, 0) is 4.79 Å². The highest BCUT2D eigenvalue weighted by Gasteiger charge is 2.44. The first-order chi connectivity index (χ1) is 10.2. The second-order valence-electron chi connectivity index (χ2n) is 6.55. The number of hydrogen-bond donors (Lipinski definition) is 1. The first kappa shape index (κ1) is 12.9. The molecule has 3 atom stereocenters. The molecule has 4 heterocycles. The van der Waals surface area contributed by atoms with E-state index in [9.17, 15) is 4.79 Å². The minimum Gasteiger partial charge on any atom is -0.384 e. The fourth-order valence-corrected chi connectivity index (χ4v) is 4.29. The predicted octanol–water partition coefficient (Wildman–Crippen LogP) is 0.896. The van der Waals surface area contributed by atoms with E-state index in [1.54, 1.807) is 12.3 Å². The predicted molar refractivity (Wildman–Crippen MR) is 79.6 cm³/mol. The number of piperidine rings is 3. The van der Waals surface area contributed by atoms with Crippen LogP contribution in [0.4, 0.5) is 11.8 Å². The Labute approximate surface area is 124 Å². The standard InChI is InChI=1S/C15H21N5O/c16-13-4-5-17-15(18-13)19-7-10-6-11(9-19)12-2-1-3-14(21)20(12)8-10/h4-5,10-12H,1-3,6-9H2,(H2,16,17,18)/t10-,11+,12-/m0/s1. The van der Waals surface area contributed by atoms with Gasteiger partial charge in [0.1, 0.15) is 5.82 Å². The lowest BCUT2D eigenvalue weighted by Crippen LogP contribution is -2.60. The molecule has 3 saturated heterocycles. The van der Waals surface area contributed by atoms with Crippen LogP contribution in [0.1, 0.15) is 25.7 Å². The molecule has 1 aromatic rings. The second-order valence-corrected chi connectivity index (χ2v) is 6.55. The zero-order valence-electron chi connectivity index (χ0n) is 12.1. The summed E-state index contributed by atoms with van der Waals surface area (Å²) in [5.74, 6) is 2.69. The Bertz CT molecular complexity index is 563. The highest BCUT2D eigenvalue weighted by atomic mass is 16.2. The van der Waals surface area contributed by atoms with Gasteiger partial charge in [0, 0.05) is 38.3 Å². The smallest absolute Gasteiger partial charge is 0.227 e. The third kappa shape index (κ3) is 2.22. The van der Waals surface area contributed by atoms with E-state index in [0.29, 0.717) is 29.6 Å². The maximum Gasteiger partial charge on any atom is 0.227 e. The zero-order chi connectivity index (χ0) is 14.4. The summed E-state index contributed by atoms with van der Waals surface area (Å²) < 4.78 is 0. The molecule has 2 N–H and O–H groups in total. The fourth-order valence-electron chi connectivity index (χ4n) is 4.29. The lowest BCUT2D eigenvalue weighted by Gasteiger charge is -2.52. The fraction of sp³-hybridized carbons (Fsp3) is 0.667. The first-order valence-corrected chi connectivity index (χ1v) is 7.83. The number of nitrogen functional groups attached to an aromatic ring is 1. The Morgan fingerprint density at radius 1 is 1.29 bits per heavy atom. The quantitative estimate of drug-likeness (QED) is 0.830. The Kier molecular flexibility index (Phi) is 2.97. The summed E-state index contributed by atoms with van der Waals surface area (Å²) >= 11 is 0. The molecule has 21 heavy (non-hydrogen) atoms. The van der Waals surface area contributed by atoms with Crippen LogP contribution >= 0.6 is 0 Å². The van der Waals surface area contributed by atoms with Crippen LogP contribution < -0.4 is 10.6 Å². The molecule has 3 aliphatic rings. The topological polar surface area (TPSA) is 75.3 Å². The number of fused-ring (bicyclic) bond motifs is 4. The Morgan fingerprint density at radius 2 is 2.19 bits per heavy atom. The molecule has 112 valence electrons. The van der Waals surface area contributed by atoms with Crippen molar-refractivity contribution in [3.05, 3.63) is 12.3 Å². The summed E-state index contributed by atoms with van der Waals surface area (Å²) in [6.45, 7) is 2.77. The van der Waals surface area contributed by atoms with Crippen molar-refractivity contribution in [3.8, 4) is 0 Å². The molecule has 6 nitrogen and oxygen atoms in total. The first-order valence-electron chi connectivity index (χ1n) is 7.83. The highest BCUT2D eigenvalue weighted by molar-refractivity contribution is 5.77. The number of amides is 1. The van der Waals surface area contributed by atoms with E-state index in [4.69, 9.17) is 5.73 Å². The molecule has 0 spiro atoms. The number of aromatic nitrogens is 2. The molecule has 0 radical (unpaired) electrons. The maximum atomic E-state index is 12.1. The number of carbonyl (C=O) groups is 1. The number of nitrogens with two attached hydrogens (primary N) is 1. The number of carbonyl (C=O) groups excluding carboxylic acids is 1. The average Bonchev–Trinajstić information content (AvgIpc) is 2.48. The van der Waals surface area contributed by atoms with Gasteiger partial charge in [-0.05, 0) is 37.2 Å². The van der Waals surface area contributed by atoms with Crippen LogP contribution in [0.15, 0.2) is 12.3 Å². The van der Waals surface area contributed by atoms with Gasteiger partial charge in [0.05, 0.1) is 0 Å². The third-order valence-electron chi connectivity index (χ3n) is 5.13. The largest absolute Gasteiger partial charge is 0.384 e. The summed E-state index contributed by atoms with van der Waals surface area (Å²) in [5.41, 5.74) is 5.77. The van der Waals surface area contributed by atoms with Crippen molar-refractivity contribution in [1.29, 1.82) is 0 Å². The van der Waals surface area contributed by atoms with E-state index in [2.05, 4.69) is 19.8 Å². The van der Waals surface area contributed by atoms with Crippen LogP contribution in [0.25, 0.3) is 0 Å². The minimum atomic E-state index is 0.356. The molecule has 1 amide bonds. The molecule has 4 rings (SSSR count). The molecular formula is C15H21N5O. The highest BCUT2D eigenvalue weighted by Crippen LogP contribution is 2.38. The second kappa shape index (κ2) is 4.86. The van der Waals surface area contributed by atoms with Crippen LogP contribution in [-0.4, -0.2) is 46.5 Å². The van der Waals surface area contributed by atoms with Crippen LogP contribution in [0.2, 0.25) is 0 Å². The summed E-state index contributed by atoms with van der Waals surface area (Å²) in [7, 11) is 0. The van der Waals surface area contributed by atoms with E-state index in [0.717, 1.165) is 44.8 Å². The van der Waals surface area contributed by atoms with E-state index in [1.807, 2.05) is 0 Å². The molecule has 0 unspecified atom stereocenters. The Hall–Kier alpha value is -1.85. The van der Waals surface area contributed by atoms with Gasteiger partial charge in [0.2, 0.25) is 11.9 Å². The van der Waals surface area contributed by atoms with Crippen molar-refractivity contribution < 1.29 is 4.79 Å². The normalized spacial score (nSPS) is 32.0. The molecule has 0 aliphatic carbocycles. The van der Waals surface area contributed by atoms with Crippen molar-refractivity contribution in [2.45, 2.75) is 31.7 Å². The van der Waals surface area contributed by atoms with Crippen molar-refractivity contribution in [1.82, 2.24) is 14.9 Å². The molecule has 0 aromatic carbocycles. The van der Waals surface area contributed by atoms with Crippen LogP contribution in [0.5, 0.6) is 0 Å². The number of nitrogens with zero attached hydrogens (tertiary/aromatic N) is 4. The van der Waals surface area contributed by atoms with Gasteiger partial charge >= 0.3 is 0 Å². The average molecular weight is 287 g/mol. The monoisotopic (exact) mass is 287 g/mol. The molecule has 6 heteroatoms. The number of hydrogen-bond acceptors (Lipinski definition) is 5. The molecule has 0 saturated carbocycles. The summed E-state index contributed by atoms with van der Waals surface area (Å²) in [5, 5.41) is 0.